The number of nitrogens with one attached hydrogen (secondary N) is 1. The van der Waals surface area contributed by atoms with Gasteiger partial charge in [0.05, 0.1) is 5.69 Å². The molecule has 5 N–H and O–H groups in total. The van der Waals surface area contributed by atoms with Crippen LogP contribution in [0.2, 0.25) is 0 Å². The first-order valence-electron chi connectivity index (χ1n) is 8.21. The maximum atomic E-state index is 13.2. The first-order chi connectivity index (χ1) is 13.7. The van der Waals surface area contributed by atoms with E-state index in [4.69, 9.17) is 0 Å². The maximum absolute atomic E-state index is 13.2. The van der Waals surface area contributed by atoms with E-state index >= 15 is 0 Å². The second-order valence-electron chi connectivity index (χ2n) is 6.09. The molecule has 0 aliphatic carbocycles. The van der Waals surface area contributed by atoms with Crippen LogP contribution < -0.4 is 9.03 Å². The lowest BCUT2D eigenvalue weighted by Gasteiger charge is -2.45. The highest BCUT2D eigenvalue weighted by Crippen LogP contribution is 2.77. The third-order valence-electron chi connectivity index (χ3n) is 4.19. The fraction of sp³-hybridized carbons (Fsp3) is 0. The van der Waals surface area contributed by atoms with Crippen LogP contribution in [0.5, 0.6) is 0 Å². The van der Waals surface area contributed by atoms with Crippen molar-refractivity contribution in [3.05, 3.63) is 78.4 Å². The fourth-order valence-electron chi connectivity index (χ4n) is 2.92. The molecule has 11 heteroatoms. The number of amides is 1. The van der Waals surface area contributed by atoms with Crippen molar-refractivity contribution in [1.29, 1.82) is 0 Å². The molecular weight excluding hydrogens is 421 g/mol. The monoisotopic (exact) mass is 437 g/mol. The topological polar surface area (TPSA) is 126 Å². The van der Waals surface area contributed by atoms with E-state index in [9.17, 15) is 27.4 Å². The molecule has 0 spiro atoms. The average Bonchev–Trinajstić information content (AvgIpc) is 2.85. The Morgan fingerprint density at radius 2 is 1.45 bits per heavy atom. The Bertz CT molecular complexity index is 1060. The van der Waals surface area contributed by atoms with Crippen LogP contribution >= 0.6 is 21.6 Å². The SMILES string of the molecule is O=C(Nc1ccc(N2S(O)(O)c3ccccc3S2(O)O)cc1)c1cccc(F)n1. The summed E-state index contributed by atoms with van der Waals surface area (Å²) in [6, 6.07) is 15.6. The zero-order valence-electron chi connectivity index (χ0n) is 14.6. The van der Waals surface area contributed by atoms with Crippen molar-refractivity contribution in [2.24, 2.45) is 0 Å². The third-order valence-corrected chi connectivity index (χ3v) is 8.80. The van der Waals surface area contributed by atoms with Crippen LogP contribution in [0.25, 0.3) is 0 Å². The Hall–Kier alpha value is -2.67. The van der Waals surface area contributed by atoms with Crippen LogP contribution in [-0.4, -0.2) is 29.1 Å². The molecule has 0 unspecified atom stereocenters. The van der Waals surface area contributed by atoms with Gasteiger partial charge in [-0.15, -0.1) is 0 Å². The number of nitrogens with zero attached hydrogens (tertiary/aromatic N) is 2. The van der Waals surface area contributed by atoms with Crippen LogP contribution in [-0.2, 0) is 0 Å². The van der Waals surface area contributed by atoms with E-state index in [1.54, 1.807) is 12.1 Å². The van der Waals surface area contributed by atoms with Crippen molar-refractivity contribution in [2.45, 2.75) is 9.79 Å². The second kappa shape index (κ2) is 6.99. The van der Waals surface area contributed by atoms with Crippen molar-refractivity contribution < 1.29 is 27.4 Å². The minimum atomic E-state index is -3.66. The van der Waals surface area contributed by atoms with Crippen molar-refractivity contribution in [3.8, 4) is 0 Å². The normalized spacial score (nSPS) is 18.6. The minimum absolute atomic E-state index is 0.0505. The summed E-state index contributed by atoms with van der Waals surface area (Å²) in [4.78, 5) is 15.8. The molecule has 0 bridgehead atoms. The van der Waals surface area contributed by atoms with E-state index < -0.39 is 33.4 Å². The number of halogens is 1. The van der Waals surface area contributed by atoms with Gasteiger partial charge in [-0.2, -0.15) is 8.10 Å². The molecule has 0 saturated heterocycles. The van der Waals surface area contributed by atoms with Gasteiger partial charge in [-0.3, -0.25) is 23.0 Å². The zero-order chi connectivity index (χ0) is 20.8. The number of carbonyl (C=O) groups is 1. The Kier molecular flexibility index (Phi) is 4.73. The van der Waals surface area contributed by atoms with Gasteiger partial charge in [-0.25, -0.2) is 4.98 Å². The number of rotatable bonds is 3. The van der Waals surface area contributed by atoms with Crippen molar-refractivity contribution >= 4 is 38.8 Å². The molecule has 2 heterocycles. The summed E-state index contributed by atoms with van der Waals surface area (Å²) in [6.07, 6.45) is 0. The Labute approximate surface area is 168 Å². The van der Waals surface area contributed by atoms with Gasteiger partial charge in [0.25, 0.3) is 5.91 Å². The second-order valence-corrected chi connectivity index (χ2v) is 10.0. The molecule has 1 amide bonds. The van der Waals surface area contributed by atoms with Crippen molar-refractivity contribution in [2.75, 3.05) is 9.03 Å². The summed E-state index contributed by atoms with van der Waals surface area (Å²) in [7, 11) is -7.32. The summed E-state index contributed by atoms with van der Waals surface area (Å²) in [5.41, 5.74) is 0.366. The zero-order valence-corrected chi connectivity index (χ0v) is 16.3. The van der Waals surface area contributed by atoms with Gasteiger partial charge >= 0.3 is 0 Å². The number of hydrogen-bond donors (Lipinski definition) is 5. The van der Waals surface area contributed by atoms with Gasteiger partial charge in [0.15, 0.2) is 0 Å². The van der Waals surface area contributed by atoms with Gasteiger partial charge in [0.2, 0.25) is 5.95 Å². The molecule has 2 aromatic carbocycles. The summed E-state index contributed by atoms with van der Waals surface area (Å²) in [5, 5.41) is 2.54. The van der Waals surface area contributed by atoms with Gasteiger partial charge in [0.1, 0.15) is 15.5 Å². The number of hydrogen-bond acceptors (Lipinski definition) is 7. The number of pyridine rings is 1. The Balaban J connectivity index is 1.61. The highest BCUT2D eigenvalue weighted by molar-refractivity contribution is 8.44. The van der Waals surface area contributed by atoms with Gasteiger partial charge in [0, 0.05) is 5.69 Å². The summed E-state index contributed by atoms with van der Waals surface area (Å²) >= 11 is 0. The van der Waals surface area contributed by atoms with Crippen LogP contribution in [0, 0.1) is 5.95 Å². The molecule has 29 heavy (non-hydrogen) atoms. The smallest absolute Gasteiger partial charge is 0.274 e. The van der Waals surface area contributed by atoms with Gasteiger partial charge in [-0.05, 0) is 48.5 Å². The summed E-state index contributed by atoms with van der Waals surface area (Å²) in [6.45, 7) is 0. The molecule has 1 aliphatic heterocycles. The summed E-state index contributed by atoms with van der Waals surface area (Å²) in [5.74, 6) is -1.41. The fourth-order valence-corrected chi connectivity index (χ4v) is 7.62. The molecule has 0 saturated carbocycles. The molecule has 8 nitrogen and oxygen atoms in total. The van der Waals surface area contributed by atoms with Crippen molar-refractivity contribution in [1.82, 2.24) is 4.98 Å². The van der Waals surface area contributed by atoms with Crippen molar-refractivity contribution in [3.63, 3.8) is 0 Å². The van der Waals surface area contributed by atoms with E-state index in [0.29, 0.717) is 5.69 Å². The van der Waals surface area contributed by atoms with Crippen LogP contribution in [0.15, 0.2) is 76.5 Å². The molecule has 0 radical (unpaired) electrons. The average molecular weight is 437 g/mol. The predicted octanol–water partition coefficient (Wildman–Crippen LogP) is 5.04. The van der Waals surface area contributed by atoms with E-state index in [1.165, 1.54) is 48.5 Å². The molecule has 4 rings (SSSR count). The number of carbonyl (C=O) groups excluding carboxylic acids is 1. The standard InChI is InChI=1S/C18H16FN3O5S2/c19-17-7-3-4-14(21-17)18(23)20-12-8-10-13(11-9-12)22-28(24,25)15-5-1-2-6-16(15)29(22,26)27/h1-11,24-27H,(H,20,23). The number of aromatic nitrogens is 1. The molecular formula is C18H16FN3O5S2. The highest BCUT2D eigenvalue weighted by Gasteiger charge is 2.47. The van der Waals surface area contributed by atoms with E-state index in [2.05, 4.69) is 10.3 Å². The molecule has 152 valence electrons. The van der Waals surface area contributed by atoms with Gasteiger partial charge < -0.3 is 5.32 Å². The molecule has 3 aromatic rings. The minimum Gasteiger partial charge on any atom is -0.321 e. The van der Waals surface area contributed by atoms with Gasteiger partial charge in [-0.1, -0.05) is 39.8 Å². The number of benzene rings is 2. The molecule has 0 fully saturated rings. The van der Waals surface area contributed by atoms with Crippen LogP contribution in [0.4, 0.5) is 15.8 Å². The third kappa shape index (κ3) is 3.33. The first kappa shape index (κ1) is 19.6. The number of anilines is 2. The van der Waals surface area contributed by atoms with E-state index in [-0.39, 0.29) is 21.2 Å². The van der Waals surface area contributed by atoms with Crippen LogP contribution in [0.3, 0.4) is 0 Å². The van der Waals surface area contributed by atoms with Crippen LogP contribution in [0.1, 0.15) is 10.5 Å². The number of fused-ring (bicyclic) bond motifs is 1. The quantitative estimate of drug-likeness (QED) is 0.363. The lowest BCUT2D eigenvalue weighted by Crippen LogP contribution is -2.24. The Morgan fingerprint density at radius 1 is 0.862 bits per heavy atom. The maximum Gasteiger partial charge on any atom is 0.274 e. The largest absolute Gasteiger partial charge is 0.321 e. The molecule has 1 aromatic heterocycles. The first-order valence-corrected chi connectivity index (χ1v) is 11.2. The molecule has 0 atom stereocenters. The molecule has 1 aliphatic rings. The summed E-state index contributed by atoms with van der Waals surface area (Å²) < 4.78 is 56.5. The Morgan fingerprint density at radius 3 is 2.00 bits per heavy atom. The lowest BCUT2D eigenvalue weighted by molar-refractivity contribution is 0.102. The highest BCUT2D eigenvalue weighted by atomic mass is 32.4. The van der Waals surface area contributed by atoms with E-state index in [1.807, 2.05) is 0 Å². The predicted molar refractivity (Wildman–Crippen MR) is 110 cm³/mol. The van der Waals surface area contributed by atoms with E-state index in [0.717, 1.165) is 9.78 Å². The lowest BCUT2D eigenvalue weighted by atomic mass is 10.2.